The third-order valence-corrected chi connectivity index (χ3v) is 7.47. The molecule has 3 rings (SSSR count). The van der Waals surface area contributed by atoms with E-state index in [0.29, 0.717) is 25.7 Å². The molecule has 3 aliphatic rings. The topological polar surface area (TPSA) is 101 Å². The van der Waals surface area contributed by atoms with Gasteiger partial charge < -0.3 is 24.1 Å². The van der Waals surface area contributed by atoms with Gasteiger partial charge in [-0.25, -0.2) is 0 Å². The number of aliphatic hydroxyl groups is 1. The number of aliphatic hydroxyl groups excluding tert-OH is 1. The minimum absolute atomic E-state index is 0.140. The van der Waals surface area contributed by atoms with Gasteiger partial charge in [-0.15, -0.1) is 0 Å². The van der Waals surface area contributed by atoms with Crippen LogP contribution in [0.3, 0.4) is 0 Å². The molecule has 1 aliphatic heterocycles. The molecule has 12 heteroatoms. The van der Waals surface area contributed by atoms with Crippen molar-refractivity contribution in [1.82, 2.24) is 0 Å². The average Bonchev–Trinajstić information content (AvgIpc) is 3.10. The number of rotatable bonds is 10. The highest BCUT2D eigenvalue weighted by Gasteiger charge is 2.63. The average molecular weight is 505 g/mol. The van der Waals surface area contributed by atoms with E-state index >= 15 is 0 Å². The zero-order chi connectivity index (χ0) is 24.3. The Kier molecular flexibility index (Phi) is 9.07. The highest BCUT2D eigenvalue weighted by atomic mass is 32.2. The molecule has 1 saturated heterocycles. The smallest absolute Gasteiger partial charge is 0.387 e. The molecule has 8 nitrogen and oxygen atoms in total. The van der Waals surface area contributed by atoms with E-state index in [1.807, 2.05) is 13.8 Å². The Balaban J connectivity index is 1.93. The van der Waals surface area contributed by atoms with Crippen LogP contribution in [0.15, 0.2) is 0 Å². The summed E-state index contributed by atoms with van der Waals surface area (Å²) >= 11 is 0. The molecule has 3 fully saturated rings. The first-order valence-corrected chi connectivity index (χ1v) is 13.2. The Morgan fingerprint density at radius 1 is 0.909 bits per heavy atom. The largest absolute Gasteiger partial charge is 0.523 e. The third-order valence-electron chi connectivity index (χ3n) is 6.42. The Labute approximate surface area is 193 Å². The summed E-state index contributed by atoms with van der Waals surface area (Å²) < 4.78 is 91.9. The fraction of sp³-hybridized carbons (Fsp3) is 1.00. The van der Waals surface area contributed by atoms with Crippen molar-refractivity contribution < 1.29 is 49.8 Å². The Morgan fingerprint density at radius 2 is 1.42 bits per heavy atom. The molecule has 0 aromatic carbocycles. The van der Waals surface area contributed by atoms with Crippen molar-refractivity contribution in [2.24, 2.45) is 0 Å². The maximum atomic E-state index is 13.1. The van der Waals surface area contributed by atoms with Gasteiger partial charge in [-0.1, -0.05) is 33.1 Å². The van der Waals surface area contributed by atoms with Crippen LogP contribution < -0.4 is 0 Å². The first-order valence-electron chi connectivity index (χ1n) is 11.8. The van der Waals surface area contributed by atoms with Crippen LogP contribution in [0.2, 0.25) is 0 Å². The van der Waals surface area contributed by atoms with Crippen molar-refractivity contribution in [3.05, 3.63) is 0 Å². The summed E-state index contributed by atoms with van der Waals surface area (Å²) in [4.78, 5) is 0. The van der Waals surface area contributed by atoms with Gasteiger partial charge in [0.25, 0.3) is 0 Å². The van der Waals surface area contributed by atoms with Gasteiger partial charge in [0.1, 0.15) is 36.6 Å². The molecule has 1 heterocycles. The van der Waals surface area contributed by atoms with Gasteiger partial charge in [-0.3, -0.25) is 4.18 Å². The predicted molar refractivity (Wildman–Crippen MR) is 111 cm³/mol. The summed E-state index contributed by atoms with van der Waals surface area (Å²) in [5.74, 6) is -0.955. The van der Waals surface area contributed by atoms with Gasteiger partial charge in [-0.2, -0.15) is 21.6 Å². The van der Waals surface area contributed by atoms with Gasteiger partial charge in [0.2, 0.25) is 0 Å². The maximum absolute atomic E-state index is 13.1. The van der Waals surface area contributed by atoms with Crippen LogP contribution in [-0.4, -0.2) is 74.7 Å². The SMILES string of the molecule is CCCCOC1C(O)[C@H](OS(=O)(=O)C(F)(F)F)C(OCCCC)C2OC3(CCCCC3)O[C@H]12. The van der Waals surface area contributed by atoms with E-state index in [1.165, 1.54) is 0 Å². The van der Waals surface area contributed by atoms with E-state index in [-0.39, 0.29) is 13.2 Å². The van der Waals surface area contributed by atoms with E-state index in [9.17, 15) is 26.7 Å². The summed E-state index contributed by atoms with van der Waals surface area (Å²) in [5, 5.41) is 11.0. The lowest BCUT2D eigenvalue weighted by Gasteiger charge is -2.44. The summed E-state index contributed by atoms with van der Waals surface area (Å²) in [6.07, 6.45) is -1.07. The standard InChI is InChI=1S/C21H35F3O8S/c1-3-5-12-28-15-14(25)16(32-33(26,27)21(22,23)24)17(29-13-6-4-2)19-18(15)30-20(31-19)10-8-7-9-11-20/h14-19,25H,3-13H2,1-2H3/t14?,15?,16-,17?,18+,19?/m0/s1. The van der Waals surface area contributed by atoms with Gasteiger partial charge >= 0.3 is 15.6 Å². The fourth-order valence-corrected chi connectivity index (χ4v) is 5.30. The molecule has 2 saturated carbocycles. The monoisotopic (exact) mass is 504 g/mol. The van der Waals surface area contributed by atoms with E-state index in [1.54, 1.807) is 0 Å². The summed E-state index contributed by atoms with van der Waals surface area (Å²) in [7, 11) is -6.00. The highest BCUT2D eigenvalue weighted by Crippen LogP contribution is 2.47. The molecule has 0 aromatic rings. The maximum Gasteiger partial charge on any atom is 0.523 e. The molecular formula is C21H35F3O8S. The van der Waals surface area contributed by atoms with Crippen molar-refractivity contribution in [1.29, 1.82) is 0 Å². The van der Waals surface area contributed by atoms with E-state index in [0.717, 1.165) is 32.1 Å². The van der Waals surface area contributed by atoms with Gasteiger partial charge in [0, 0.05) is 26.1 Å². The van der Waals surface area contributed by atoms with Crippen molar-refractivity contribution in [3.8, 4) is 0 Å². The molecule has 0 bridgehead atoms. The highest BCUT2D eigenvalue weighted by molar-refractivity contribution is 7.87. The first-order chi connectivity index (χ1) is 15.6. The number of halogens is 3. The van der Waals surface area contributed by atoms with Crippen LogP contribution in [0, 0.1) is 0 Å². The van der Waals surface area contributed by atoms with Crippen LogP contribution in [0.25, 0.3) is 0 Å². The number of ether oxygens (including phenoxy) is 4. The molecule has 33 heavy (non-hydrogen) atoms. The lowest BCUT2D eigenvalue weighted by molar-refractivity contribution is -0.213. The molecule has 194 valence electrons. The van der Waals surface area contributed by atoms with Crippen LogP contribution in [-0.2, 0) is 33.2 Å². The van der Waals surface area contributed by atoms with Gasteiger partial charge in [-0.05, 0) is 25.7 Å². The number of hydrogen-bond donors (Lipinski definition) is 1. The zero-order valence-electron chi connectivity index (χ0n) is 19.1. The minimum atomic E-state index is -6.00. The molecule has 1 N–H and O–H groups in total. The van der Waals surface area contributed by atoms with Crippen molar-refractivity contribution in [3.63, 3.8) is 0 Å². The number of fused-ring (bicyclic) bond motifs is 1. The van der Waals surface area contributed by atoms with Crippen LogP contribution in [0.4, 0.5) is 13.2 Å². The number of alkyl halides is 3. The lowest BCUT2D eigenvalue weighted by Crippen LogP contribution is -2.65. The normalized spacial score (nSPS) is 34.5. The molecule has 2 aliphatic carbocycles. The molecule has 0 aromatic heterocycles. The van der Waals surface area contributed by atoms with Crippen molar-refractivity contribution in [2.45, 2.75) is 120 Å². The Bertz CT molecular complexity index is 726. The molecule has 6 atom stereocenters. The van der Waals surface area contributed by atoms with Gasteiger partial charge in [0.05, 0.1) is 0 Å². The second kappa shape index (κ2) is 11.0. The first kappa shape index (κ1) is 27.1. The lowest BCUT2D eigenvalue weighted by atomic mass is 9.84. The molecule has 0 radical (unpaired) electrons. The minimum Gasteiger partial charge on any atom is -0.387 e. The van der Waals surface area contributed by atoms with E-state index in [2.05, 4.69) is 4.18 Å². The number of hydrogen-bond acceptors (Lipinski definition) is 8. The summed E-state index contributed by atoms with van der Waals surface area (Å²) in [6, 6.07) is 0. The number of unbranched alkanes of at least 4 members (excludes halogenated alkanes) is 2. The second-order valence-corrected chi connectivity index (χ2v) is 10.5. The van der Waals surface area contributed by atoms with Gasteiger partial charge in [0.15, 0.2) is 5.79 Å². The fourth-order valence-electron chi connectivity index (χ4n) is 4.68. The second-order valence-electron chi connectivity index (χ2n) is 8.97. The van der Waals surface area contributed by atoms with Crippen LogP contribution >= 0.6 is 0 Å². The summed E-state index contributed by atoms with van der Waals surface area (Å²) in [5.41, 5.74) is -5.65. The van der Waals surface area contributed by atoms with Crippen LogP contribution in [0.5, 0.6) is 0 Å². The molecule has 1 spiro atoms. The van der Waals surface area contributed by atoms with Crippen molar-refractivity contribution in [2.75, 3.05) is 13.2 Å². The third kappa shape index (κ3) is 6.02. The van der Waals surface area contributed by atoms with E-state index < -0.39 is 58.0 Å². The molecule has 0 amide bonds. The van der Waals surface area contributed by atoms with Crippen molar-refractivity contribution >= 4 is 10.1 Å². The molecular weight excluding hydrogens is 469 g/mol. The Hall–Kier alpha value is -0.500. The van der Waals surface area contributed by atoms with E-state index in [4.69, 9.17) is 18.9 Å². The zero-order valence-corrected chi connectivity index (χ0v) is 19.9. The molecule has 4 unspecified atom stereocenters. The predicted octanol–water partition coefficient (Wildman–Crippen LogP) is 3.41. The van der Waals surface area contributed by atoms with Crippen LogP contribution in [0.1, 0.15) is 71.6 Å². The quantitative estimate of drug-likeness (QED) is 0.275. The Morgan fingerprint density at radius 3 is 1.94 bits per heavy atom. The summed E-state index contributed by atoms with van der Waals surface area (Å²) in [6.45, 7) is 4.21.